The van der Waals surface area contributed by atoms with Gasteiger partial charge < -0.3 is 13.8 Å². The fourth-order valence-electron chi connectivity index (χ4n) is 2.80. The first kappa shape index (κ1) is 13.9. The van der Waals surface area contributed by atoms with Crippen LogP contribution in [-0.2, 0) is 11.3 Å². The van der Waals surface area contributed by atoms with Gasteiger partial charge in [0.25, 0.3) is 0 Å². The van der Waals surface area contributed by atoms with Crippen LogP contribution < -0.4 is 0 Å². The van der Waals surface area contributed by atoms with Gasteiger partial charge in [-0.15, -0.1) is 0 Å². The molecule has 112 valence electrons. The molecule has 2 aromatic heterocycles. The van der Waals surface area contributed by atoms with Crippen molar-refractivity contribution in [2.24, 2.45) is 0 Å². The summed E-state index contributed by atoms with van der Waals surface area (Å²) in [5.41, 5.74) is 4.40. The van der Waals surface area contributed by atoms with Crippen molar-refractivity contribution >= 4 is 5.97 Å². The van der Waals surface area contributed by atoms with E-state index in [0.717, 1.165) is 22.6 Å². The first-order valence-electron chi connectivity index (χ1n) is 7.26. The van der Waals surface area contributed by atoms with Gasteiger partial charge in [0.05, 0.1) is 16.8 Å². The van der Waals surface area contributed by atoms with Gasteiger partial charge in [0.2, 0.25) is 0 Å². The maximum atomic E-state index is 12.3. The van der Waals surface area contributed by atoms with Crippen LogP contribution >= 0.6 is 0 Å². The number of carbonyl (C=O) groups excluding carboxylic acids is 1. The van der Waals surface area contributed by atoms with Crippen LogP contribution in [0.1, 0.15) is 57.6 Å². The Morgan fingerprint density at radius 2 is 2.10 bits per heavy atom. The molecule has 0 N–H and O–H groups in total. The molecule has 21 heavy (non-hydrogen) atoms. The van der Waals surface area contributed by atoms with Crippen LogP contribution in [0.5, 0.6) is 0 Å². The maximum absolute atomic E-state index is 12.3. The third kappa shape index (κ3) is 2.48. The summed E-state index contributed by atoms with van der Waals surface area (Å²) in [4.78, 5) is 12.3. The van der Waals surface area contributed by atoms with Crippen molar-refractivity contribution < 1.29 is 14.1 Å². The zero-order chi connectivity index (χ0) is 15.1. The highest BCUT2D eigenvalue weighted by atomic mass is 16.5. The molecule has 5 nitrogen and oxygen atoms in total. The van der Waals surface area contributed by atoms with E-state index in [-0.39, 0.29) is 12.6 Å². The lowest BCUT2D eigenvalue weighted by atomic mass is 10.2. The number of rotatable bonds is 4. The van der Waals surface area contributed by atoms with Gasteiger partial charge in [0.15, 0.2) is 0 Å². The Labute approximate surface area is 123 Å². The van der Waals surface area contributed by atoms with Gasteiger partial charge in [-0.05, 0) is 46.6 Å². The smallest absolute Gasteiger partial charge is 0.340 e. The molecule has 2 heterocycles. The van der Waals surface area contributed by atoms with Crippen LogP contribution in [-0.4, -0.2) is 15.7 Å². The molecule has 0 saturated heterocycles. The summed E-state index contributed by atoms with van der Waals surface area (Å²) in [6, 6.07) is 2.48. The van der Waals surface area contributed by atoms with Crippen LogP contribution in [0.25, 0.3) is 0 Å². The van der Waals surface area contributed by atoms with E-state index in [9.17, 15) is 4.79 Å². The Kier molecular flexibility index (Phi) is 3.35. The first-order valence-corrected chi connectivity index (χ1v) is 7.26. The molecule has 0 unspecified atom stereocenters. The van der Waals surface area contributed by atoms with Crippen molar-refractivity contribution in [2.75, 3.05) is 0 Å². The molecule has 2 aromatic rings. The molecular weight excluding hydrogens is 268 g/mol. The summed E-state index contributed by atoms with van der Waals surface area (Å²) in [6.45, 7) is 7.89. The molecule has 0 amide bonds. The Morgan fingerprint density at radius 1 is 1.38 bits per heavy atom. The minimum absolute atomic E-state index is 0.201. The fraction of sp³-hybridized carbons (Fsp3) is 0.500. The number of nitrogens with zero attached hydrogens (tertiary/aromatic N) is 2. The zero-order valence-electron chi connectivity index (χ0n) is 12.9. The summed E-state index contributed by atoms with van der Waals surface area (Å²) in [6.07, 6.45) is 2.40. The average molecular weight is 288 g/mol. The van der Waals surface area contributed by atoms with Crippen molar-refractivity contribution in [3.8, 4) is 0 Å². The molecule has 0 aliphatic heterocycles. The van der Waals surface area contributed by atoms with Crippen molar-refractivity contribution in [1.82, 2.24) is 9.72 Å². The van der Waals surface area contributed by atoms with Gasteiger partial charge in [0, 0.05) is 17.4 Å². The van der Waals surface area contributed by atoms with E-state index in [0.29, 0.717) is 17.4 Å². The van der Waals surface area contributed by atoms with E-state index in [4.69, 9.17) is 9.26 Å². The van der Waals surface area contributed by atoms with Crippen LogP contribution in [0.4, 0.5) is 0 Å². The van der Waals surface area contributed by atoms with Gasteiger partial charge >= 0.3 is 5.97 Å². The molecule has 5 heteroatoms. The zero-order valence-corrected chi connectivity index (χ0v) is 12.9. The van der Waals surface area contributed by atoms with Crippen molar-refractivity contribution in [3.05, 3.63) is 40.0 Å². The number of esters is 1. The summed E-state index contributed by atoms with van der Waals surface area (Å²) in [7, 11) is 0. The van der Waals surface area contributed by atoms with E-state index in [1.165, 1.54) is 12.8 Å². The average Bonchev–Trinajstić information content (AvgIpc) is 3.15. The van der Waals surface area contributed by atoms with Gasteiger partial charge in [0.1, 0.15) is 12.4 Å². The second kappa shape index (κ2) is 5.06. The normalized spacial score (nSPS) is 14.5. The Hall–Kier alpha value is -2.04. The monoisotopic (exact) mass is 288 g/mol. The standard InChI is InChI=1S/C16H20N2O3/c1-9-7-14(11(3)18(9)13-5-6-13)16(19)20-8-15-10(2)17-21-12(15)4/h7,13H,5-6,8H2,1-4H3. The predicted octanol–water partition coefficient (Wildman–Crippen LogP) is 3.40. The highest BCUT2D eigenvalue weighted by Gasteiger charge is 2.28. The third-order valence-electron chi connectivity index (χ3n) is 4.15. The van der Waals surface area contributed by atoms with E-state index in [1.807, 2.05) is 33.8 Å². The fourth-order valence-corrected chi connectivity index (χ4v) is 2.80. The molecule has 0 spiro atoms. The first-order chi connectivity index (χ1) is 9.99. The Bertz CT molecular complexity index is 673. The topological polar surface area (TPSA) is 57.3 Å². The molecule has 1 fully saturated rings. The largest absolute Gasteiger partial charge is 0.457 e. The molecule has 0 radical (unpaired) electrons. The summed E-state index contributed by atoms with van der Waals surface area (Å²) in [5.74, 6) is 0.416. The van der Waals surface area contributed by atoms with Gasteiger partial charge in [-0.25, -0.2) is 4.79 Å². The van der Waals surface area contributed by atoms with Gasteiger partial charge in [-0.3, -0.25) is 0 Å². The summed E-state index contributed by atoms with van der Waals surface area (Å²) < 4.78 is 12.7. The van der Waals surface area contributed by atoms with Crippen LogP contribution in [0.15, 0.2) is 10.6 Å². The number of aryl methyl sites for hydroxylation is 3. The molecule has 3 rings (SSSR count). The van der Waals surface area contributed by atoms with Crippen LogP contribution in [0, 0.1) is 27.7 Å². The molecule has 1 aliphatic carbocycles. The molecule has 0 atom stereocenters. The summed E-state index contributed by atoms with van der Waals surface area (Å²) >= 11 is 0. The lowest BCUT2D eigenvalue weighted by Crippen LogP contribution is -2.08. The number of hydrogen-bond acceptors (Lipinski definition) is 4. The molecule has 0 bridgehead atoms. The van der Waals surface area contributed by atoms with Crippen LogP contribution in [0.2, 0.25) is 0 Å². The highest BCUT2D eigenvalue weighted by Crippen LogP contribution is 2.38. The second-order valence-corrected chi connectivity index (χ2v) is 5.76. The third-order valence-corrected chi connectivity index (χ3v) is 4.15. The minimum Gasteiger partial charge on any atom is -0.457 e. The van der Waals surface area contributed by atoms with Gasteiger partial charge in [-0.2, -0.15) is 0 Å². The number of carbonyl (C=O) groups is 1. The molecular formula is C16H20N2O3. The van der Waals surface area contributed by atoms with E-state index in [1.54, 1.807) is 0 Å². The van der Waals surface area contributed by atoms with Crippen molar-refractivity contribution in [3.63, 3.8) is 0 Å². The van der Waals surface area contributed by atoms with Crippen molar-refractivity contribution in [2.45, 2.75) is 53.2 Å². The lowest BCUT2D eigenvalue weighted by Gasteiger charge is -2.08. The number of hydrogen-bond donors (Lipinski definition) is 0. The lowest BCUT2D eigenvalue weighted by molar-refractivity contribution is 0.0470. The maximum Gasteiger partial charge on any atom is 0.340 e. The SMILES string of the molecule is Cc1noc(C)c1COC(=O)c1cc(C)n(C2CC2)c1C. The second-order valence-electron chi connectivity index (χ2n) is 5.76. The van der Waals surface area contributed by atoms with Gasteiger partial charge in [-0.1, -0.05) is 5.16 Å². The van der Waals surface area contributed by atoms with E-state index >= 15 is 0 Å². The van der Waals surface area contributed by atoms with E-state index < -0.39 is 0 Å². The van der Waals surface area contributed by atoms with E-state index in [2.05, 4.69) is 9.72 Å². The summed E-state index contributed by atoms with van der Waals surface area (Å²) in [5, 5.41) is 3.86. The predicted molar refractivity (Wildman–Crippen MR) is 77.3 cm³/mol. The Balaban J connectivity index is 1.75. The quantitative estimate of drug-likeness (QED) is 0.809. The molecule has 1 saturated carbocycles. The number of ether oxygens (including phenoxy) is 1. The van der Waals surface area contributed by atoms with Crippen LogP contribution in [0.3, 0.4) is 0 Å². The molecule has 0 aromatic carbocycles. The highest BCUT2D eigenvalue weighted by molar-refractivity contribution is 5.91. The van der Waals surface area contributed by atoms with Crippen molar-refractivity contribution in [1.29, 1.82) is 0 Å². The number of aromatic nitrogens is 2. The Morgan fingerprint density at radius 3 is 2.67 bits per heavy atom. The molecule has 1 aliphatic rings. The minimum atomic E-state index is -0.282.